The molecule has 2 aliphatic rings. The third-order valence-corrected chi connectivity index (χ3v) is 9.11. The summed E-state index contributed by atoms with van der Waals surface area (Å²) < 4.78 is 73.2. The molecule has 0 radical (unpaired) electrons. The molecule has 0 aromatic heterocycles. The van der Waals surface area contributed by atoms with E-state index in [0.717, 1.165) is 17.2 Å². The van der Waals surface area contributed by atoms with Crippen LogP contribution in [0, 0.1) is 0 Å². The van der Waals surface area contributed by atoms with Crippen LogP contribution in [0.4, 0.5) is 28.4 Å². The van der Waals surface area contributed by atoms with Gasteiger partial charge in [-0.05, 0) is 89.5 Å². The molecule has 6 rings (SSSR count). The van der Waals surface area contributed by atoms with E-state index in [-0.39, 0.29) is 11.5 Å². The van der Waals surface area contributed by atoms with Crippen molar-refractivity contribution in [2.24, 2.45) is 20.4 Å². The van der Waals surface area contributed by atoms with Gasteiger partial charge in [0.05, 0.1) is 43.8 Å². The number of Topliss-reactive ketones (excluding diaryl/α,β-unsaturated/α-hetero) is 1. The number of fused-ring (bicyclic) bond motifs is 1. The second-order valence-corrected chi connectivity index (χ2v) is 13.5. The maximum absolute atomic E-state index is 13.6. The maximum Gasteiger partial charge on any atom is 0.217 e. The molecule has 256 valence electrons. The Kier molecular flexibility index (Phi) is 9.35. The van der Waals surface area contributed by atoms with Crippen molar-refractivity contribution in [3.8, 4) is 11.1 Å². The zero-order valence-corrected chi connectivity index (χ0v) is 27.6. The van der Waals surface area contributed by atoms with Gasteiger partial charge in [0, 0.05) is 0 Å². The molecule has 4 aromatic rings. The highest BCUT2D eigenvalue weighted by Gasteiger charge is 2.34. The largest absolute Gasteiger partial charge is 0.744 e. The van der Waals surface area contributed by atoms with Gasteiger partial charge in [-0.2, -0.15) is 15.3 Å². The van der Waals surface area contributed by atoms with E-state index in [1.807, 2.05) is 12.1 Å². The number of anilines is 3. The Labute approximate surface area is 290 Å². The first-order valence-corrected chi connectivity index (χ1v) is 17.5. The monoisotopic (exact) mass is 721 g/mol. The van der Waals surface area contributed by atoms with Crippen LogP contribution >= 0.6 is 0 Å². The van der Waals surface area contributed by atoms with Crippen LogP contribution in [0.3, 0.4) is 0 Å². The highest BCUT2D eigenvalue weighted by Crippen LogP contribution is 2.41. The van der Waals surface area contributed by atoms with E-state index in [2.05, 4.69) is 31.3 Å². The molecule has 0 bridgehead atoms. The Morgan fingerprint density at radius 2 is 1.25 bits per heavy atom. The summed E-state index contributed by atoms with van der Waals surface area (Å²) >= 11 is 0. The molecule has 4 aromatic carbocycles. The molecule has 0 saturated carbocycles. The highest BCUT2D eigenvalue weighted by atomic mass is 32.2. The first kappa shape index (κ1) is 34.5. The molecule has 0 amide bonds. The molecule has 0 saturated heterocycles. The van der Waals surface area contributed by atoms with Gasteiger partial charge in [-0.3, -0.25) is 20.4 Å². The van der Waals surface area contributed by atoms with Crippen LogP contribution in [-0.2, 0) is 25.0 Å². The fourth-order valence-corrected chi connectivity index (χ4v) is 6.24. The number of nitrogens with one attached hydrogen (secondary N) is 2. The number of nitrogens with two attached hydrogens (primary N) is 1. The number of ketones is 2. The predicted molar refractivity (Wildman–Crippen MR) is 189 cm³/mol. The van der Waals surface area contributed by atoms with Gasteiger partial charge in [0.1, 0.15) is 31.6 Å². The van der Waals surface area contributed by atoms with E-state index in [0.29, 0.717) is 23.2 Å². The van der Waals surface area contributed by atoms with Crippen molar-refractivity contribution >= 4 is 77.7 Å². The van der Waals surface area contributed by atoms with Crippen LogP contribution < -0.4 is 16.6 Å². The zero-order valence-electron chi connectivity index (χ0n) is 25.9. The Balaban J connectivity index is 1.29. The summed E-state index contributed by atoms with van der Waals surface area (Å²) in [4.78, 5) is 22.8. The number of allylic oxidation sites excluding steroid dienone is 5. The quantitative estimate of drug-likeness (QED) is 0.0660. The van der Waals surface area contributed by atoms with E-state index in [9.17, 15) is 35.5 Å². The lowest BCUT2D eigenvalue weighted by atomic mass is 9.92. The summed E-state index contributed by atoms with van der Waals surface area (Å²) in [7, 11) is -10.6. The normalized spacial score (nSPS) is 15.2. The molecule has 4 N–H and O–H groups in total. The van der Waals surface area contributed by atoms with E-state index in [1.165, 1.54) is 12.2 Å². The smallest absolute Gasteiger partial charge is 0.217 e. The van der Waals surface area contributed by atoms with E-state index < -0.39 is 64.0 Å². The Morgan fingerprint density at radius 1 is 0.667 bits per heavy atom. The van der Waals surface area contributed by atoms with Gasteiger partial charge in [-0.25, -0.2) is 16.8 Å². The lowest BCUT2D eigenvalue weighted by Gasteiger charge is -2.23. The number of para-hydroxylation sites is 1. The summed E-state index contributed by atoms with van der Waals surface area (Å²) in [5.41, 5.74) is 12.2. The number of nitrogens with zero attached hydrogens (tertiary/aromatic N) is 4. The molecule has 0 atom stereocenters. The van der Waals surface area contributed by atoms with E-state index >= 15 is 0 Å². The minimum atomic E-state index is -5.32. The number of hydrogen-bond acceptors (Lipinski definition) is 15. The molecule has 15 nitrogen and oxygen atoms in total. The van der Waals surface area contributed by atoms with Gasteiger partial charge in [0.25, 0.3) is 0 Å². The second kappa shape index (κ2) is 13.8. The van der Waals surface area contributed by atoms with Crippen molar-refractivity contribution in [3.05, 3.63) is 125 Å². The number of hydrazone groups is 2. The first-order valence-electron chi connectivity index (χ1n) is 14.7. The van der Waals surface area contributed by atoms with Crippen molar-refractivity contribution in [2.75, 3.05) is 16.6 Å². The summed E-state index contributed by atoms with van der Waals surface area (Å²) in [5, 5.41) is 16.0. The van der Waals surface area contributed by atoms with Gasteiger partial charge in [0.15, 0.2) is 5.78 Å². The highest BCUT2D eigenvalue weighted by molar-refractivity contribution is 7.91. The van der Waals surface area contributed by atoms with Crippen molar-refractivity contribution in [1.29, 1.82) is 0 Å². The minimum Gasteiger partial charge on any atom is -0.744 e. The van der Waals surface area contributed by atoms with Crippen LogP contribution in [0.5, 0.6) is 0 Å². The number of benzene rings is 4. The standard InChI is InChI=1S/C34H25N7O8S2/c35-31-30-22(19-29(51(47,48)49)33(34(30)43)41-38-23-4-2-1-3-5-23)18-28(50(44,45)46)32(31)40-39-25-12-8-21(9-13-25)20-6-10-24(11-7-20)36-37-26-14-16-27(42)17-15-26/h1-19,36,38H,35H2,(H,44,45,46)(H,47,48,49)/p-2. The van der Waals surface area contributed by atoms with Crippen molar-refractivity contribution < 1.29 is 35.5 Å². The molecular formula is C34H23N7O8S2-2. The summed E-state index contributed by atoms with van der Waals surface area (Å²) in [5.74, 6) is -1.25. The Bertz CT molecular complexity index is 2470. The molecule has 0 spiro atoms. The van der Waals surface area contributed by atoms with Crippen molar-refractivity contribution in [1.82, 2.24) is 0 Å². The molecule has 51 heavy (non-hydrogen) atoms. The lowest BCUT2D eigenvalue weighted by Crippen LogP contribution is -2.28. The molecular weight excluding hydrogens is 699 g/mol. The maximum atomic E-state index is 13.6. The minimum absolute atomic E-state index is 0.114. The SMILES string of the molecule is Nc1c(N=Nc2ccc(-c3ccc(NN=C4C=CC(=O)C=C4)cc3)cc2)c(S(=O)(=O)[O-])cc2c1C(=O)C(=NNc1ccccc1)C(S(=O)(=O)[O-])=C2. The summed E-state index contributed by atoms with van der Waals surface area (Å²) in [6.07, 6.45) is 6.74. The molecule has 2 aliphatic carbocycles. The van der Waals surface area contributed by atoms with E-state index in [4.69, 9.17) is 5.73 Å². The second-order valence-electron chi connectivity index (χ2n) is 10.8. The molecule has 0 aliphatic heterocycles. The fourth-order valence-electron chi connectivity index (χ4n) is 4.93. The number of nitrogen functional groups attached to an aromatic ring is 1. The fraction of sp³-hybridized carbons (Fsp3) is 0. The van der Waals surface area contributed by atoms with Gasteiger partial charge in [-0.15, -0.1) is 5.11 Å². The van der Waals surface area contributed by atoms with Gasteiger partial charge in [0.2, 0.25) is 5.78 Å². The van der Waals surface area contributed by atoms with Crippen molar-refractivity contribution in [2.45, 2.75) is 4.90 Å². The Hall–Kier alpha value is -6.40. The molecule has 0 fully saturated rings. The van der Waals surface area contributed by atoms with Gasteiger partial charge in [-0.1, -0.05) is 42.5 Å². The average Bonchev–Trinajstić information content (AvgIpc) is 3.10. The van der Waals surface area contributed by atoms with Crippen LogP contribution in [-0.4, -0.2) is 48.9 Å². The lowest BCUT2D eigenvalue weighted by molar-refractivity contribution is -0.110. The van der Waals surface area contributed by atoms with Gasteiger partial charge >= 0.3 is 0 Å². The van der Waals surface area contributed by atoms with Crippen LogP contribution in [0.15, 0.2) is 139 Å². The Morgan fingerprint density at radius 3 is 1.86 bits per heavy atom. The predicted octanol–water partition coefficient (Wildman–Crippen LogP) is 5.27. The number of rotatable bonds is 9. The number of azo groups is 1. The van der Waals surface area contributed by atoms with Crippen LogP contribution in [0.25, 0.3) is 17.2 Å². The summed E-state index contributed by atoms with van der Waals surface area (Å²) in [6.45, 7) is 0. The molecule has 17 heteroatoms. The topological polar surface area (TPSA) is 248 Å². The van der Waals surface area contributed by atoms with E-state index in [1.54, 1.807) is 78.9 Å². The zero-order chi connectivity index (χ0) is 36.3. The number of carbonyl (C=O) groups is 2. The molecule has 0 unspecified atom stereocenters. The van der Waals surface area contributed by atoms with Crippen LogP contribution in [0.1, 0.15) is 15.9 Å². The molecule has 0 heterocycles. The summed E-state index contributed by atoms with van der Waals surface area (Å²) in [6, 6.07) is 22.7. The number of hydrogen-bond donors (Lipinski definition) is 3. The third kappa shape index (κ3) is 7.76. The van der Waals surface area contributed by atoms with Crippen LogP contribution in [0.2, 0.25) is 0 Å². The first-order chi connectivity index (χ1) is 24.3. The third-order valence-electron chi connectivity index (χ3n) is 7.41. The number of carbonyl (C=O) groups excluding carboxylic acids is 2. The van der Waals surface area contributed by atoms with Gasteiger partial charge < -0.3 is 14.8 Å². The average molecular weight is 722 g/mol. The van der Waals surface area contributed by atoms with Crippen molar-refractivity contribution in [3.63, 3.8) is 0 Å².